The van der Waals surface area contributed by atoms with E-state index in [0.717, 1.165) is 36.4 Å². The van der Waals surface area contributed by atoms with Crippen LogP contribution in [0.2, 0.25) is 0 Å². The molecular formula is C16H24N4O. The first kappa shape index (κ1) is 14.4. The number of hydrogen-bond acceptors (Lipinski definition) is 4. The van der Waals surface area contributed by atoms with Crippen LogP contribution in [0.25, 0.3) is 0 Å². The van der Waals surface area contributed by atoms with Crippen molar-refractivity contribution >= 4 is 11.6 Å². The summed E-state index contributed by atoms with van der Waals surface area (Å²) in [5.74, 6) is 5.56. The van der Waals surface area contributed by atoms with Crippen molar-refractivity contribution in [2.75, 3.05) is 31.6 Å². The summed E-state index contributed by atoms with van der Waals surface area (Å²) in [5.41, 5.74) is 5.22. The minimum Gasteiger partial charge on any atom is -0.336 e. The molecule has 1 amide bonds. The molecule has 0 radical (unpaired) electrons. The minimum absolute atomic E-state index is 0.154. The lowest BCUT2D eigenvalue weighted by Crippen LogP contribution is -2.56. The molecule has 0 saturated carbocycles. The quantitative estimate of drug-likeness (QED) is 0.641. The lowest BCUT2D eigenvalue weighted by atomic mass is 9.98. The van der Waals surface area contributed by atoms with E-state index in [9.17, 15) is 4.79 Å². The third-order valence-corrected chi connectivity index (χ3v) is 4.75. The maximum atomic E-state index is 12.8. The first-order valence-corrected chi connectivity index (χ1v) is 7.79. The van der Waals surface area contributed by atoms with Gasteiger partial charge in [-0.25, -0.2) is 0 Å². The second kappa shape index (κ2) is 6.03. The van der Waals surface area contributed by atoms with E-state index in [1.807, 2.05) is 30.0 Å². The Labute approximate surface area is 126 Å². The van der Waals surface area contributed by atoms with E-state index in [0.29, 0.717) is 6.04 Å². The smallest absolute Gasteiger partial charge is 0.254 e. The number of carbonyl (C=O) groups is 1. The summed E-state index contributed by atoms with van der Waals surface area (Å²) < 4.78 is 0. The number of amides is 1. The van der Waals surface area contributed by atoms with Gasteiger partial charge in [0.05, 0.1) is 0 Å². The van der Waals surface area contributed by atoms with Crippen LogP contribution in [0.3, 0.4) is 0 Å². The highest BCUT2D eigenvalue weighted by atomic mass is 16.2. The zero-order valence-electron chi connectivity index (χ0n) is 12.6. The largest absolute Gasteiger partial charge is 0.336 e. The SMILES string of the molecule is Cc1cc(NN)ccc1C(=O)N1CCN2CCCCC2C1. The van der Waals surface area contributed by atoms with Crippen molar-refractivity contribution in [3.05, 3.63) is 29.3 Å². The fraction of sp³-hybridized carbons (Fsp3) is 0.562. The molecule has 5 nitrogen and oxygen atoms in total. The Balaban J connectivity index is 1.73. The average molecular weight is 288 g/mol. The molecule has 0 aliphatic carbocycles. The minimum atomic E-state index is 0.154. The summed E-state index contributed by atoms with van der Waals surface area (Å²) in [5, 5.41) is 0. The number of aryl methyl sites for hydroxylation is 1. The number of hydrazine groups is 1. The van der Waals surface area contributed by atoms with Gasteiger partial charge in [0.2, 0.25) is 0 Å². The monoisotopic (exact) mass is 288 g/mol. The Hall–Kier alpha value is -1.59. The number of nitrogens with two attached hydrogens (primary N) is 1. The molecule has 3 rings (SSSR count). The van der Waals surface area contributed by atoms with Crippen LogP contribution in [0.5, 0.6) is 0 Å². The van der Waals surface area contributed by atoms with E-state index in [2.05, 4.69) is 10.3 Å². The highest BCUT2D eigenvalue weighted by molar-refractivity contribution is 5.96. The van der Waals surface area contributed by atoms with Gasteiger partial charge in [-0.3, -0.25) is 15.5 Å². The Kier molecular flexibility index (Phi) is 4.12. The summed E-state index contributed by atoms with van der Waals surface area (Å²) >= 11 is 0. The summed E-state index contributed by atoms with van der Waals surface area (Å²) in [4.78, 5) is 17.3. The predicted molar refractivity (Wildman–Crippen MR) is 84.1 cm³/mol. The Bertz CT molecular complexity index is 531. The fourth-order valence-corrected chi connectivity index (χ4v) is 3.50. The number of carbonyl (C=O) groups excluding carboxylic acids is 1. The molecule has 0 aromatic heterocycles. The molecule has 1 unspecified atom stereocenters. The molecular weight excluding hydrogens is 264 g/mol. The maximum absolute atomic E-state index is 12.8. The van der Waals surface area contributed by atoms with Crippen LogP contribution in [-0.4, -0.2) is 47.9 Å². The zero-order valence-corrected chi connectivity index (χ0v) is 12.6. The molecule has 2 aliphatic heterocycles. The second-order valence-corrected chi connectivity index (χ2v) is 6.11. The van der Waals surface area contributed by atoms with Crippen LogP contribution in [0.1, 0.15) is 35.2 Å². The van der Waals surface area contributed by atoms with Crippen LogP contribution in [0, 0.1) is 6.92 Å². The summed E-state index contributed by atoms with van der Waals surface area (Å²) in [7, 11) is 0. The van der Waals surface area contributed by atoms with Crippen LogP contribution < -0.4 is 11.3 Å². The molecule has 2 aliphatic rings. The average Bonchev–Trinajstić information content (AvgIpc) is 2.53. The molecule has 0 spiro atoms. The topological polar surface area (TPSA) is 61.6 Å². The number of piperazine rings is 1. The number of anilines is 1. The Morgan fingerprint density at radius 1 is 1.29 bits per heavy atom. The number of rotatable bonds is 2. The first-order chi connectivity index (χ1) is 10.2. The Morgan fingerprint density at radius 3 is 2.90 bits per heavy atom. The molecule has 3 N–H and O–H groups in total. The van der Waals surface area contributed by atoms with E-state index in [4.69, 9.17) is 5.84 Å². The molecule has 114 valence electrons. The molecule has 1 atom stereocenters. The molecule has 2 fully saturated rings. The lowest BCUT2D eigenvalue weighted by Gasteiger charge is -2.44. The van der Waals surface area contributed by atoms with E-state index in [1.54, 1.807) is 0 Å². The van der Waals surface area contributed by atoms with Gasteiger partial charge in [0.25, 0.3) is 5.91 Å². The summed E-state index contributed by atoms with van der Waals surface area (Å²) in [6, 6.07) is 6.21. The molecule has 1 aromatic rings. The van der Waals surface area contributed by atoms with E-state index in [-0.39, 0.29) is 5.91 Å². The molecule has 2 heterocycles. The first-order valence-electron chi connectivity index (χ1n) is 7.79. The van der Waals surface area contributed by atoms with Crippen molar-refractivity contribution in [2.24, 2.45) is 5.84 Å². The standard InChI is InChI=1S/C16H24N4O/c1-12-10-13(18-17)5-6-15(12)16(21)20-9-8-19-7-3-2-4-14(19)11-20/h5-6,10,14,18H,2-4,7-9,11,17H2,1H3. The lowest BCUT2D eigenvalue weighted by molar-refractivity contribution is 0.0372. The van der Waals surface area contributed by atoms with E-state index >= 15 is 0 Å². The van der Waals surface area contributed by atoms with Gasteiger partial charge in [-0.2, -0.15) is 0 Å². The summed E-state index contributed by atoms with van der Waals surface area (Å²) in [6.07, 6.45) is 3.81. The van der Waals surface area contributed by atoms with Gasteiger partial charge in [-0.05, 0) is 50.1 Å². The molecule has 5 heteroatoms. The van der Waals surface area contributed by atoms with Gasteiger partial charge in [0.15, 0.2) is 0 Å². The normalized spacial score (nSPS) is 22.8. The van der Waals surface area contributed by atoms with Crippen molar-refractivity contribution in [3.63, 3.8) is 0 Å². The van der Waals surface area contributed by atoms with Crippen LogP contribution in [-0.2, 0) is 0 Å². The number of benzene rings is 1. The second-order valence-electron chi connectivity index (χ2n) is 6.11. The number of nitrogens with one attached hydrogen (secondary N) is 1. The Morgan fingerprint density at radius 2 is 2.14 bits per heavy atom. The summed E-state index contributed by atoms with van der Waals surface area (Å²) in [6.45, 7) is 5.88. The van der Waals surface area contributed by atoms with Crippen LogP contribution in [0.4, 0.5) is 5.69 Å². The van der Waals surface area contributed by atoms with E-state index in [1.165, 1.54) is 25.8 Å². The fourth-order valence-electron chi connectivity index (χ4n) is 3.50. The number of fused-ring (bicyclic) bond motifs is 1. The zero-order chi connectivity index (χ0) is 14.8. The third-order valence-electron chi connectivity index (χ3n) is 4.75. The van der Waals surface area contributed by atoms with Crippen molar-refractivity contribution in [1.82, 2.24) is 9.80 Å². The molecule has 21 heavy (non-hydrogen) atoms. The maximum Gasteiger partial charge on any atom is 0.254 e. The van der Waals surface area contributed by atoms with Crippen molar-refractivity contribution in [1.29, 1.82) is 0 Å². The van der Waals surface area contributed by atoms with Gasteiger partial charge in [0.1, 0.15) is 0 Å². The van der Waals surface area contributed by atoms with Crippen molar-refractivity contribution < 1.29 is 4.79 Å². The molecule has 1 aromatic carbocycles. The van der Waals surface area contributed by atoms with Crippen LogP contribution in [0.15, 0.2) is 18.2 Å². The molecule has 0 bridgehead atoms. The van der Waals surface area contributed by atoms with Gasteiger partial charge >= 0.3 is 0 Å². The van der Waals surface area contributed by atoms with Gasteiger partial charge in [-0.15, -0.1) is 0 Å². The molecule has 2 saturated heterocycles. The number of nitrogens with zero attached hydrogens (tertiary/aromatic N) is 2. The number of hydrogen-bond donors (Lipinski definition) is 2. The van der Waals surface area contributed by atoms with Crippen molar-refractivity contribution in [3.8, 4) is 0 Å². The van der Waals surface area contributed by atoms with Gasteiger partial charge < -0.3 is 10.3 Å². The number of piperidine rings is 1. The predicted octanol–water partition coefficient (Wildman–Crippen LogP) is 1.59. The highest BCUT2D eigenvalue weighted by Crippen LogP contribution is 2.23. The third kappa shape index (κ3) is 2.89. The highest BCUT2D eigenvalue weighted by Gasteiger charge is 2.31. The van der Waals surface area contributed by atoms with Gasteiger partial charge in [-0.1, -0.05) is 6.42 Å². The van der Waals surface area contributed by atoms with Gasteiger partial charge in [0, 0.05) is 36.9 Å². The van der Waals surface area contributed by atoms with Crippen molar-refractivity contribution in [2.45, 2.75) is 32.2 Å². The van der Waals surface area contributed by atoms with Crippen LogP contribution >= 0.6 is 0 Å². The van der Waals surface area contributed by atoms with E-state index < -0.39 is 0 Å². The number of nitrogen functional groups attached to an aromatic ring is 1.